The molecule has 0 aliphatic carbocycles. The Kier molecular flexibility index (Phi) is 4.67. The van der Waals surface area contributed by atoms with Gasteiger partial charge < -0.3 is 14.7 Å². The van der Waals surface area contributed by atoms with Crippen molar-refractivity contribution in [1.29, 1.82) is 0 Å². The van der Waals surface area contributed by atoms with Crippen LogP contribution in [0, 0.1) is 18.6 Å². The van der Waals surface area contributed by atoms with Crippen molar-refractivity contribution in [1.82, 2.24) is 19.3 Å². The van der Waals surface area contributed by atoms with Gasteiger partial charge in [0, 0.05) is 18.2 Å². The van der Waals surface area contributed by atoms with Gasteiger partial charge in [-0.25, -0.2) is 0 Å². The summed E-state index contributed by atoms with van der Waals surface area (Å²) in [6, 6.07) is 8.40. The molecule has 148 valence electrons. The molecule has 0 atom stereocenters. The summed E-state index contributed by atoms with van der Waals surface area (Å²) in [4.78, 5) is 28.6. The highest BCUT2D eigenvalue weighted by Gasteiger charge is 2.15. The predicted octanol–water partition coefficient (Wildman–Crippen LogP) is 3.30. The maximum absolute atomic E-state index is 12.9. The summed E-state index contributed by atoms with van der Waals surface area (Å²) in [5, 5.41) is 7.62. The predicted molar refractivity (Wildman–Crippen MR) is 112 cm³/mol. The molecule has 3 heterocycles. The van der Waals surface area contributed by atoms with Crippen LogP contribution in [0.15, 0.2) is 45.8 Å². The SMILES string of the molecule is Cc1nn(C)c(NC(=O)c2ccc3c(=O)n(Cc4ccco4)c(=S)[nH]c3c2)c1C. The maximum atomic E-state index is 12.9. The molecular weight excluding hydrogens is 390 g/mol. The van der Waals surface area contributed by atoms with Crippen LogP contribution in [-0.2, 0) is 13.6 Å². The molecule has 29 heavy (non-hydrogen) atoms. The Balaban J connectivity index is 1.70. The van der Waals surface area contributed by atoms with Gasteiger partial charge in [-0.1, -0.05) is 0 Å². The highest BCUT2D eigenvalue weighted by Crippen LogP contribution is 2.19. The Morgan fingerprint density at radius 1 is 1.31 bits per heavy atom. The standard InChI is InChI=1S/C20H19N5O3S/c1-11-12(2)23-24(3)17(11)22-18(26)13-6-7-15-16(9-13)21-20(29)25(19(15)27)10-14-5-4-8-28-14/h4-9H,10H2,1-3H3,(H,21,29)(H,22,26). The van der Waals surface area contributed by atoms with Gasteiger partial charge in [0.15, 0.2) is 4.77 Å². The number of aryl methyl sites for hydroxylation is 2. The summed E-state index contributed by atoms with van der Waals surface area (Å²) >= 11 is 5.34. The van der Waals surface area contributed by atoms with Crippen LogP contribution in [0.4, 0.5) is 5.82 Å². The molecule has 3 aromatic heterocycles. The normalized spacial score (nSPS) is 11.1. The first-order chi connectivity index (χ1) is 13.8. The van der Waals surface area contributed by atoms with Crippen LogP contribution in [0.2, 0.25) is 0 Å². The summed E-state index contributed by atoms with van der Waals surface area (Å²) in [6.07, 6.45) is 1.55. The number of carbonyl (C=O) groups excluding carboxylic acids is 1. The first kappa shape index (κ1) is 18.9. The Hall–Kier alpha value is -3.46. The fourth-order valence-corrected chi connectivity index (χ4v) is 3.47. The van der Waals surface area contributed by atoms with Crippen LogP contribution in [0.1, 0.15) is 27.4 Å². The molecule has 0 aliphatic heterocycles. The van der Waals surface area contributed by atoms with Crippen LogP contribution < -0.4 is 10.9 Å². The minimum Gasteiger partial charge on any atom is -0.467 e. The van der Waals surface area contributed by atoms with Crippen LogP contribution in [0.3, 0.4) is 0 Å². The van der Waals surface area contributed by atoms with Gasteiger partial charge in [-0.15, -0.1) is 0 Å². The monoisotopic (exact) mass is 409 g/mol. The third kappa shape index (κ3) is 3.40. The zero-order chi connectivity index (χ0) is 20.7. The molecule has 4 aromatic rings. The fourth-order valence-electron chi connectivity index (χ4n) is 3.22. The van der Waals surface area contributed by atoms with Gasteiger partial charge in [0.2, 0.25) is 0 Å². The Morgan fingerprint density at radius 3 is 2.76 bits per heavy atom. The van der Waals surface area contributed by atoms with E-state index < -0.39 is 0 Å². The van der Waals surface area contributed by atoms with Crippen molar-refractivity contribution in [3.8, 4) is 0 Å². The molecule has 0 bridgehead atoms. The topological polar surface area (TPSA) is 97.8 Å². The van der Waals surface area contributed by atoms with Crippen molar-refractivity contribution in [2.45, 2.75) is 20.4 Å². The van der Waals surface area contributed by atoms with Gasteiger partial charge >= 0.3 is 0 Å². The van der Waals surface area contributed by atoms with Gasteiger partial charge in [0.05, 0.1) is 29.4 Å². The number of hydrogen-bond donors (Lipinski definition) is 2. The van der Waals surface area contributed by atoms with Crippen LogP contribution >= 0.6 is 12.2 Å². The van der Waals surface area contributed by atoms with Crippen LogP contribution in [-0.4, -0.2) is 25.2 Å². The number of fused-ring (bicyclic) bond motifs is 1. The number of amides is 1. The summed E-state index contributed by atoms with van der Waals surface area (Å²) < 4.78 is 8.62. The van der Waals surface area contributed by atoms with Gasteiger partial charge in [0.1, 0.15) is 11.6 Å². The molecule has 2 N–H and O–H groups in total. The number of anilines is 1. The van der Waals surface area contributed by atoms with E-state index in [1.807, 2.05) is 13.8 Å². The average Bonchev–Trinajstić information content (AvgIpc) is 3.28. The minimum atomic E-state index is -0.294. The van der Waals surface area contributed by atoms with Crippen molar-refractivity contribution >= 4 is 34.8 Å². The molecular formula is C20H19N5O3S. The van der Waals surface area contributed by atoms with Crippen LogP contribution in [0.5, 0.6) is 0 Å². The lowest BCUT2D eigenvalue weighted by Gasteiger charge is -2.09. The minimum absolute atomic E-state index is 0.235. The van der Waals surface area contributed by atoms with Crippen LogP contribution in [0.25, 0.3) is 10.9 Å². The van der Waals surface area contributed by atoms with E-state index in [-0.39, 0.29) is 22.8 Å². The van der Waals surface area contributed by atoms with Gasteiger partial charge in [-0.2, -0.15) is 5.10 Å². The lowest BCUT2D eigenvalue weighted by molar-refractivity contribution is 0.102. The quantitative estimate of drug-likeness (QED) is 0.504. The fraction of sp³-hybridized carbons (Fsp3) is 0.200. The highest BCUT2D eigenvalue weighted by atomic mass is 32.1. The number of benzene rings is 1. The number of aromatic amines is 1. The second-order valence-electron chi connectivity index (χ2n) is 6.80. The molecule has 0 fully saturated rings. The van der Waals surface area contributed by atoms with Crippen molar-refractivity contribution in [3.05, 3.63) is 74.3 Å². The third-order valence-corrected chi connectivity index (χ3v) is 5.21. The summed E-state index contributed by atoms with van der Waals surface area (Å²) in [5.74, 6) is 0.968. The molecule has 9 heteroatoms. The Morgan fingerprint density at radius 2 is 2.10 bits per heavy atom. The van der Waals surface area contributed by atoms with E-state index in [9.17, 15) is 9.59 Å². The largest absolute Gasteiger partial charge is 0.467 e. The number of aromatic nitrogens is 4. The highest BCUT2D eigenvalue weighted by molar-refractivity contribution is 7.71. The number of rotatable bonds is 4. The molecule has 0 unspecified atom stereocenters. The molecule has 0 spiro atoms. The van der Waals surface area contributed by atoms with Crippen molar-refractivity contribution in [3.63, 3.8) is 0 Å². The number of hydrogen-bond acceptors (Lipinski definition) is 5. The third-order valence-electron chi connectivity index (χ3n) is 4.89. The molecule has 0 radical (unpaired) electrons. The van der Waals surface area contributed by atoms with Crippen molar-refractivity contribution < 1.29 is 9.21 Å². The smallest absolute Gasteiger partial charge is 0.262 e. The number of H-pyrrole nitrogens is 1. The molecule has 0 saturated carbocycles. The molecule has 4 rings (SSSR count). The van der Waals surface area contributed by atoms with E-state index in [0.29, 0.717) is 28.0 Å². The lowest BCUT2D eigenvalue weighted by atomic mass is 10.1. The summed E-state index contributed by atoms with van der Waals surface area (Å²) in [7, 11) is 1.77. The number of carbonyl (C=O) groups is 1. The van der Waals surface area contributed by atoms with Gasteiger partial charge in [-0.3, -0.25) is 18.8 Å². The number of nitrogens with zero attached hydrogens (tertiary/aromatic N) is 3. The second kappa shape index (κ2) is 7.17. The van der Waals surface area contributed by atoms with Gasteiger partial charge in [0.25, 0.3) is 11.5 Å². The van der Waals surface area contributed by atoms with E-state index in [1.165, 1.54) is 4.57 Å². The molecule has 1 aromatic carbocycles. The van der Waals surface area contributed by atoms with E-state index in [4.69, 9.17) is 16.6 Å². The summed E-state index contributed by atoms with van der Waals surface area (Å²) in [6.45, 7) is 4.02. The second-order valence-corrected chi connectivity index (χ2v) is 7.18. The van der Waals surface area contributed by atoms with E-state index in [2.05, 4.69) is 15.4 Å². The first-order valence-electron chi connectivity index (χ1n) is 8.96. The van der Waals surface area contributed by atoms with E-state index in [1.54, 1.807) is 48.3 Å². The zero-order valence-electron chi connectivity index (χ0n) is 16.1. The lowest BCUT2D eigenvalue weighted by Crippen LogP contribution is -2.23. The van der Waals surface area contributed by atoms with Crippen molar-refractivity contribution in [2.75, 3.05) is 5.32 Å². The summed E-state index contributed by atoms with van der Waals surface area (Å²) in [5.41, 5.74) is 2.42. The van der Waals surface area contributed by atoms with E-state index >= 15 is 0 Å². The van der Waals surface area contributed by atoms with Crippen molar-refractivity contribution in [2.24, 2.45) is 7.05 Å². The number of furan rings is 1. The molecule has 1 amide bonds. The molecule has 0 aliphatic rings. The first-order valence-corrected chi connectivity index (χ1v) is 9.37. The Bertz CT molecular complexity index is 1350. The average molecular weight is 409 g/mol. The maximum Gasteiger partial charge on any atom is 0.262 e. The molecule has 0 saturated heterocycles. The molecule has 8 nitrogen and oxygen atoms in total. The van der Waals surface area contributed by atoms with Gasteiger partial charge in [-0.05, 0) is 56.4 Å². The van der Waals surface area contributed by atoms with E-state index in [0.717, 1.165) is 11.3 Å². The Labute approximate surface area is 170 Å². The zero-order valence-corrected chi connectivity index (χ0v) is 17.0. The number of nitrogens with one attached hydrogen (secondary N) is 2.